The van der Waals surface area contributed by atoms with Crippen LogP contribution in [0.15, 0.2) is 0 Å². The zero-order chi connectivity index (χ0) is 13.3. The van der Waals surface area contributed by atoms with Gasteiger partial charge in [-0.25, -0.2) is 0 Å². The molecule has 1 amide bonds. The van der Waals surface area contributed by atoms with E-state index in [0.29, 0.717) is 19.7 Å². The molecular formula is C11H22N2O4. The first kappa shape index (κ1) is 15.9. The number of aliphatic carboxylic acids is 1. The molecule has 0 aromatic rings. The molecule has 0 aliphatic carbocycles. The fourth-order valence-corrected chi connectivity index (χ4v) is 1.35. The van der Waals surface area contributed by atoms with E-state index in [1.165, 1.54) is 0 Å². The first-order valence-electron chi connectivity index (χ1n) is 5.76. The van der Waals surface area contributed by atoms with Gasteiger partial charge in [-0.3, -0.25) is 14.5 Å². The van der Waals surface area contributed by atoms with Crippen LogP contribution in [0.3, 0.4) is 0 Å². The summed E-state index contributed by atoms with van der Waals surface area (Å²) in [5.41, 5.74) is 5.09. The number of carboxylic acids is 1. The van der Waals surface area contributed by atoms with Gasteiger partial charge >= 0.3 is 5.97 Å². The minimum atomic E-state index is -0.877. The minimum absolute atomic E-state index is 0.0122. The summed E-state index contributed by atoms with van der Waals surface area (Å²) in [7, 11) is 0. The van der Waals surface area contributed by atoms with Crippen molar-refractivity contribution in [1.29, 1.82) is 0 Å². The molecule has 0 aromatic heterocycles. The molecule has 0 unspecified atom stereocenters. The highest BCUT2D eigenvalue weighted by Crippen LogP contribution is 1.97. The number of carbonyl (C=O) groups excluding carboxylic acids is 1. The maximum absolute atomic E-state index is 10.8. The van der Waals surface area contributed by atoms with Crippen LogP contribution in [0, 0.1) is 0 Å². The van der Waals surface area contributed by atoms with Crippen molar-refractivity contribution in [3.05, 3.63) is 0 Å². The molecule has 0 saturated carbocycles. The number of nitrogens with zero attached hydrogens (tertiary/aromatic N) is 1. The maximum atomic E-state index is 10.8. The molecule has 0 atom stereocenters. The number of carbonyl (C=O) groups is 2. The minimum Gasteiger partial charge on any atom is -0.481 e. The molecule has 17 heavy (non-hydrogen) atoms. The number of amides is 1. The van der Waals surface area contributed by atoms with Gasteiger partial charge in [0.25, 0.3) is 0 Å². The van der Waals surface area contributed by atoms with Crippen LogP contribution in [0.4, 0.5) is 0 Å². The van der Waals surface area contributed by atoms with Crippen molar-refractivity contribution in [2.75, 3.05) is 26.2 Å². The number of hydrogen-bond acceptors (Lipinski definition) is 4. The molecule has 100 valence electrons. The van der Waals surface area contributed by atoms with Gasteiger partial charge in [0.15, 0.2) is 0 Å². The van der Waals surface area contributed by atoms with Crippen molar-refractivity contribution in [2.24, 2.45) is 5.73 Å². The van der Waals surface area contributed by atoms with E-state index in [2.05, 4.69) is 0 Å². The Labute approximate surface area is 102 Å². The largest absolute Gasteiger partial charge is 0.481 e. The Bertz CT molecular complexity index is 244. The van der Waals surface area contributed by atoms with Crippen molar-refractivity contribution in [3.63, 3.8) is 0 Å². The summed E-state index contributed by atoms with van der Waals surface area (Å²) in [6, 6.07) is 0. The highest BCUT2D eigenvalue weighted by atomic mass is 16.5. The van der Waals surface area contributed by atoms with Gasteiger partial charge in [-0.2, -0.15) is 0 Å². The molecule has 0 aliphatic rings. The molecule has 0 spiro atoms. The van der Waals surface area contributed by atoms with Gasteiger partial charge in [-0.15, -0.1) is 0 Å². The van der Waals surface area contributed by atoms with E-state index in [1.54, 1.807) is 4.90 Å². The zero-order valence-corrected chi connectivity index (χ0v) is 10.5. The third kappa shape index (κ3) is 11.1. The quantitative estimate of drug-likeness (QED) is 0.532. The molecule has 0 bridgehead atoms. The Balaban J connectivity index is 3.84. The SMILES string of the molecule is CC(C)OCCCN(CCC(=O)O)CC(N)=O. The lowest BCUT2D eigenvalue weighted by atomic mass is 10.3. The monoisotopic (exact) mass is 246 g/mol. The van der Waals surface area contributed by atoms with Gasteiger partial charge in [0.1, 0.15) is 0 Å². The maximum Gasteiger partial charge on any atom is 0.304 e. The zero-order valence-electron chi connectivity index (χ0n) is 10.5. The third-order valence-corrected chi connectivity index (χ3v) is 2.09. The Morgan fingerprint density at radius 3 is 2.47 bits per heavy atom. The number of hydrogen-bond donors (Lipinski definition) is 2. The van der Waals surface area contributed by atoms with Gasteiger partial charge in [-0.1, -0.05) is 0 Å². The van der Waals surface area contributed by atoms with Crippen LogP contribution in [0.2, 0.25) is 0 Å². The van der Waals surface area contributed by atoms with Crippen molar-refractivity contribution < 1.29 is 19.4 Å². The van der Waals surface area contributed by atoms with E-state index in [0.717, 1.165) is 6.42 Å². The molecule has 0 fully saturated rings. The predicted octanol–water partition coefficient (Wildman–Crippen LogP) is 0.0635. The number of primary amides is 1. The highest BCUT2D eigenvalue weighted by molar-refractivity contribution is 5.76. The van der Waals surface area contributed by atoms with Crippen LogP contribution in [-0.4, -0.2) is 54.2 Å². The van der Waals surface area contributed by atoms with Gasteiger partial charge in [0.2, 0.25) is 5.91 Å². The normalized spacial score (nSPS) is 11.1. The molecule has 0 rings (SSSR count). The van der Waals surface area contributed by atoms with Crippen LogP contribution in [0.25, 0.3) is 0 Å². The molecule has 6 heteroatoms. The fourth-order valence-electron chi connectivity index (χ4n) is 1.35. The third-order valence-electron chi connectivity index (χ3n) is 2.09. The molecule has 6 nitrogen and oxygen atoms in total. The molecule has 3 N–H and O–H groups in total. The van der Waals surface area contributed by atoms with Crippen molar-refractivity contribution in [1.82, 2.24) is 4.90 Å². The second-order valence-corrected chi connectivity index (χ2v) is 4.16. The Morgan fingerprint density at radius 2 is 2.00 bits per heavy atom. The van der Waals surface area contributed by atoms with Crippen molar-refractivity contribution >= 4 is 11.9 Å². The molecule has 0 aromatic carbocycles. The van der Waals surface area contributed by atoms with Crippen LogP contribution in [-0.2, 0) is 14.3 Å². The number of rotatable bonds is 10. The molecule has 0 aliphatic heterocycles. The Kier molecular flexibility index (Phi) is 8.35. The van der Waals surface area contributed by atoms with E-state index in [1.807, 2.05) is 13.8 Å². The van der Waals surface area contributed by atoms with Crippen LogP contribution >= 0.6 is 0 Å². The Hall–Kier alpha value is -1.14. The predicted molar refractivity (Wildman–Crippen MR) is 63.6 cm³/mol. The first-order valence-corrected chi connectivity index (χ1v) is 5.76. The first-order chi connectivity index (χ1) is 7.91. The number of ether oxygens (including phenoxy) is 1. The van der Waals surface area contributed by atoms with E-state index in [-0.39, 0.29) is 19.1 Å². The molecule has 0 heterocycles. The average Bonchev–Trinajstić information content (AvgIpc) is 2.19. The molecule has 0 saturated heterocycles. The topological polar surface area (TPSA) is 92.9 Å². The lowest BCUT2D eigenvalue weighted by molar-refractivity contribution is -0.137. The second kappa shape index (κ2) is 8.95. The van der Waals surface area contributed by atoms with Crippen molar-refractivity contribution in [3.8, 4) is 0 Å². The van der Waals surface area contributed by atoms with Crippen LogP contribution < -0.4 is 5.73 Å². The number of nitrogens with two attached hydrogens (primary N) is 1. The average molecular weight is 246 g/mol. The van der Waals surface area contributed by atoms with E-state index in [4.69, 9.17) is 15.6 Å². The molecule has 0 radical (unpaired) electrons. The lowest BCUT2D eigenvalue weighted by Gasteiger charge is -2.19. The van der Waals surface area contributed by atoms with Gasteiger partial charge in [0, 0.05) is 19.7 Å². The summed E-state index contributed by atoms with van der Waals surface area (Å²) in [6.07, 6.45) is 0.947. The van der Waals surface area contributed by atoms with E-state index < -0.39 is 11.9 Å². The van der Waals surface area contributed by atoms with Crippen LogP contribution in [0.5, 0.6) is 0 Å². The Morgan fingerprint density at radius 1 is 1.35 bits per heavy atom. The summed E-state index contributed by atoms with van der Waals surface area (Å²) < 4.78 is 5.36. The van der Waals surface area contributed by atoms with Gasteiger partial charge < -0.3 is 15.6 Å². The second-order valence-electron chi connectivity index (χ2n) is 4.16. The van der Waals surface area contributed by atoms with Crippen molar-refractivity contribution in [2.45, 2.75) is 32.8 Å². The summed E-state index contributed by atoms with van der Waals surface area (Å²) in [6.45, 7) is 5.54. The summed E-state index contributed by atoms with van der Waals surface area (Å²) in [5.74, 6) is -1.32. The smallest absolute Gasteiger partial charge is 0.304 e. The van der Waals surface area contributed by atoms with Gasteiger partial charge in [0.05, 0.1) is 19.1 Å². The summed E-state index contributed by atoms with van der Waals surface area (Å²) in [5, 5.41) is 8.57. The molecular weight excluding hydrogens is 224 g/mol. The van der Waals surface area contributed by atoms with E-state index >= 15 is 0 Å². The standard InChI is InChI=1S/C11H22N2O4/c1-9(2)17-7-3-5-13(8-10(12)14)6-4-11(15)16/h9H,3-8H2,1-2H3,(H2,12,14)(H,15,16). The van der Waals surface area contributed by atoms with Gasteiger partial charge in [-0.05, 0) is 20.3 Å². The fraction of sp³-hybridized carbons (Fsp3) is 0.818. The summed E-state index contributed by atoms with van der Waals surface area (Å²) >= 11 is 0. The van der Waals surface area contributed by atoms with E-state index in [9.17, 15) is 9.59 Å². The van der Waals surface area contributed by atoms with Crippen LogP contribution in [0.1, 0.15) is 26.7 Å². The highest BCUT2D eigenvalue weighted by Gasteiger charge is 2.10. The lowest BCUT2D eigenvalue weighted by Crippen LogP contribution is -2.36. The summed E-state index contributed by atoms with van der Waals surface area (Å²) in [4.78, 5) is 23.0. The number of carboxylic acid groups (broad SMARTS) is 1.